The lowest BCUT2D eigenvalue weighted by atomic mass is 10.2. The Bertz CT molecular complexity index is 363. The first-order valence-electron chi connectivity index (χ1n) is 4.91. The van der Waals surface area contributed by atoms with Crippen molar-refractivity contribution >= 4 is 17.3 Å². The molecule has 0 heterocycles. The smallest absolute Gasteiger partial charge is 0.362 e. The lowest BCUT2D eigenvalue weighted by molar-refractivity contribution is -0.119. The Kier molecular flexibility index (Phi) is 4.08. The summed E-state index contributed by atoms with van der Waals surface area (Å²) < 4.78 is 37.0. The summed E-state index contributed by atoms with van der Waals surface area (Å²) in [5, 5.41) is 0.344. The van der Waals surface area contributed by atoms with Crippen LogP contribution in [0.2, 0.25) is 5.02 Å². The van der Waals surface area contributed by atoms with Gasteiger partial charge in [0.05, 0.1) is 10.7 Å². The average molecular weight is 252 g/mol. The fourth-order valence-electron chi connectivity index (χ4n) is 1.45. The summed E-state index contributed by atoms with van der Waals surface area (Å²) in [7, 11) is 0. The zero-order valence-electron chi connectivity index (χ0n) is 9.11. The van der Waals surface area contributed by atoms with Gasteiger partial charge in [0.1, 0.15) is 6.54 Å². The van der Waals surface area contributed by atoms with Gasteiger partial charge in [0, 0.05) is 6.54 Å². The SMILES string of the molecule is CCN(CC(F)(F)F)c1cc(C)ccc1Cl. The van der Waals surface area contributed by atoms with E-state index < -0.39 is 12.7 Å². The van der Waals surface area contributed by atoms with E-state index >= 15 is 0 Å². The Hall–Kier alpha value is -0.900. The molecule has 1 nitrogen and oxygen atoms in total. The van der Waals surface area contributed by atoms with E-state index in [-0.39, 0.29) is 6.54 Å². The first kappa shape index (κ1) is 13.2. The van der Waals surface area contributed by atoms with Crippen LogP contribution >= 0.6 is 11.6 Å². The van der Waals surface area contributed by atoms with Crippen LogP contribution in [0.15, 0.2) is 18.2 Å². The third-order valence-corrected chi connectivity index (χ3v) is 2.51. The minimum atomic E-state index is -4.22. The second kappa shape index (κ2) is 4.95. The predicted octanol–water partition coefficient (Wildman–Crippen LogP) is 4.04. The van der Waals surface area contributed by atoms with Crippen LogP contribution in [0, 0.1) is 6.92 Å². The van der Waals surface area contributed by atoms with Gasteiger partial charge in [-0.2, -0.15) is 13.2 Å². The highest BCUT2D eigenvalue weighted by molar-refractivity contribution is 6.33. The largest absolute Gasteiger partial charge is 0.405 e. The Morgan fingerprint density at radius 3 is 2.44 bits per heavy atom. The van der Waals surface area contributed by atoms with Crippen molar-refractivity contribution in [2.24, 2.45) is 0 Å². The highest BCUT2D eigenvalue weighted by Gasteiger charge is 2.30. The van der Waals surface area contributed by atoms with Gasteiger partial charge in [0.25, 0.3) is 0 Å². The molecule has 0 spiro atoms. The standard InChI is InChI=1S/C11H13ClF3N/c1-3-16(7-11(13,14)15)10-6-8(2)4-5-9(10)12/h4-6H,3,7H2,1-2H3. The summed E-state index contributed by atoms with van der Waals surface area (Å²) in [6.45, 7) is 2.78. The van der Waals surface area contributed by atoms with E-state index in [1.165, 1.54) is 4.90 Å². The van der Waals surface area contributed by atoms with Crippen LogP contribution in [-0.2, 0) is 0 Å². The number of hydrogen-bond donors (Lipinski definition) is 0. The van der Waals surface area contributed by atoms with Crippen LogP contribution < -0.4 is 4.90 Å². The molecule has 0 fully saturated rings. The molecule has 16 heavy (non-hydrogen) atoms. The van der Waals surface area contributed by atoms with Crippen LogP contribution in [0.25, 0.3) is 0 Å². The lowest BCUT2D eigenvalue weighted by Gasteiger charge is -2.25. The summed E-state index contributed by atoms with van der Waals surface area (Å²) in [6, 6.07) is 5.05. The van der Waals surface area contributed by atoms with Gasteiger partial charge >= 0.3 is 6.18 Å². The molecule has 0 saturated carbocycles. The second-order valence-electron chi connectivity index (χ2n) is 3.58. The molecule has 0 radical (unpaired) electrons. The summed E-state index contributed by atoms with van der Waals surface area (Å²) in [5.41, 5.74) is 1.32. The molecule has 0 amide bonds. The maximum atomic E-state index is 12.3. The topological polar surface area (TPSA) is 3.24 Å². The fraction of sp³-hybridized carbons (Fsp3) is 0.455. The third-order valence-electron chi connectivity index (χ3n) is 2.19. The molecule has 5 heteroatoms. The van der Waals surface area contributed by atoms with E-state index in [4.69, 9.17) is 11.6 Å². The first-order chi connectivity index (χ1) is 7.33. The molecule has 0 bridgehead atoms. The monoisotopic (exact) mass is 251 g/mol. The number of benzene rings is 1. The average Bonchev–Trinajstić information content (AvgIpc) is 2.17. The molecule has 0 N–H and O–H groups in total. The van der Waals surface area contributed by atoms with E-state index in [0.717, 1.165) is 5.56 Å². The molecule has 90 valence electrons. The van der Waals surface area contributed by atoms with E-state index in [2.05, 4.69) is 0 Å². The molecule has 0 atom stereocenters. The Labute approximate surface area is 97.8 Å². The van der Waals surface area contributed by atoms with Gasteiger partial charge in [-0.05, 0) is 31.5 Å². The van der Waals surface area contributed by atoms with Crippen molar-refractivity contribution in [3.05, 3.63) is 28.8 Å². The van der Waals surface area contributed by atoms with Gasteiger partial charge < -0.3 is 4.90 Å². The Balaban J connectivity index is 2.99. The maximum absolute atomic E-state index is 12.3. The van der Waals surface area contributed by atoms with Crippen molar-refractivity contribution < 1.29 is 13.2 Å². The predicted molar refractivity (Wildman–Crippen MR) is 60.1 cm³/mol. The molecule has 0 aliphatic heterocycles. The molecule has 1 aromatic carbocycles. The van der Waals surface area contributed by atoms with Crippen LogP contribution in [0.4, 0.5) is 18.9 Å². The molecule has 0 unspecified atom stereocenters. The molecular formula is C11H13ClF3N. The zero-order valence-corrected chi connectivity index (χ0v) is 9.86. The maximum Gasteiger partial charge on any atom is 0.405 e. The van der Waals surface area contributed by atoms with Crippen molar-refractivity contribution in [2.75, 3.05) is 18.0 Å². The van der Waals surface area contributed by atoms with Gasteiger partial charge in [-0.1, -0.05) is 17.7 Å². The number of rotatable bonds is 3. The number of alkyl halides is 3. The van der Waals surface area contributed by atoms with Crippen LogP contribution in [0.1, 0.15) is 12.5 Å². The normalized spacial score (nSPS) is 11.6. The van der Waals surface area contributed by atoms with E-state index in [9.17, 15) is 13.2 Å². The summed E-state index contributed by atoms with van der Waals surface area (Å²) in [4.78, 5) is 1.22. The Morgan fingerprint density at radius 2 is 1.94 bits per heavy atom. The number of anilines is 1. The van der Waals surface area contributed by atoms with Crippen molar-refractivity contribution in [3.63, 3.8) is 0 Å². The molecule has 0 aliphatic carbocycles. The van der Waals surface area contributed by atoms with Crippen molar-refractivity contribution in [2.45, 2.75) is 20.0 Å². The summed E-state index contributed by atoms with van der Waals surface area (Å²) in [5.74, 6) is 0. The van der Waals surface area contributed by atoms with Gasteiger partial charge in [0.2, 0.25) is 0 Å². The fourth-order valence-corrected chi connectivity index (χ4v) is 1.69. The number of nitrogens with zero attached hydrogens (tertiary/aromatic N) is 1. The second-order valence-corrected chi connectivity index (χ2v) is 3.99. The quantitative estimate of drug-likeness (QED) is 0.784. The van der Waals surface area contributed by atoms with Gasteiger partial charge in [-0.3, -0.25) is 0 Å². The zero-order chi connectivity index (χ0) is 12.3. The van der Waals surface area contributed by atoms with Gasteiger partial charge in [-0.25, -0.2) is 0 Å². The summed E-state index contributed by atoms with van der Waals surface area (Å²) in [6.07, 6.45) is -4.22. The van der Waals surface area contributed by atoms with Gasteiger partial charge in [0.15, 0.2) is 0 Å². The minimum Gasteiger partial charge on any atom is -0.362 e. The van der Waals surface area contributed by atoms with E-state index in [1.807, 2.05) is 6.92 Å². The van der Waals surface area contributed by atoms with Crippen molar-refractivity contribution in [1.29, 1.82) is 0 Å². The summed E-state index contributed by atoms with van der Waals surface area (Å²) >= 11 is 5.89. The van der Waals surface area contributed by atoms with Gasteiger partial charge in [-0.15, -0.1) is 0 Å². The van der Waals surface area contributed by atoms with Crippen molar-refractivity contribution in [1.82, 2.24) is 0 Å². The van der Waals surface area contributed by atoms with Crippen LogP contribution in [0.3, 0.4) is 0 Å². The molecule has 0 saturated heterocycles. The molecule has 0 aromatic heterocycles. The molecular weight excluding hydrogens is 239 g/mol. The minimum absolute atomic E-state index is 0.267. The number of aryl methyl sites for hydroxylation is 1. The lowest BCUT2D eigenvalue weighted by Crippen LogP contribution is -2.34. The number of halogens is 4. The van der Waals surface area contributed by atoms with Crippen molar-refractivity contribution in [3.8, 4) is 0 Å². The highest BCUT2D eigenvalue weighted by Crippen LogP contribution is 2.29. The Morgan fingerprint density at radius 1 is 1.31 bits per heavy atom. The van der Waals surface area contributed by atoms with Crippen LogP contribution in [-0.4, -0.2) is 19.3 Å². The molecule has 1 rings (SSSR count). The highest BCUT2D eigenvalue weighted by atomic mass is 35.5. The van der Waals surface area contributed by atoms with E-state index in [1.54, 1.807) is 25.1 Å². The number of hydrogen-bond acceptors (Lipinski definition) is 1. The van der Waals surface area contributed by atoms with E-state index in [0.29, 0.717) is 10.7 Å². The molecule has 0 aliphatic rings. The third kappa shape index (κ3) is 3.59. The molecule has 1 aromatic rings. The first-order valence-corrected chi connectivity index (χ1v) is 5.29. The van der Waals surface area contributed by atoms with Crippen LogP contribution in [0.5, 0.6) is 0 Å².